The number of hydrazine groups is 1. The Hall–Kier alpha value is -2.62. The zero-order valence-electron chi connectivity index (χ0n) is 9.46. The molecule has 1 aliphatic heterocycles. The fraction of sp³-hybridized carbons (Fsp3) is 0. The number of hydrogen-bond donors (Lipinski definition) is 1. The van der Waals surface area contributed by atoms with Gasteiger partial charge >= 0.3 is 0 Å². The van der Waals surface area contributed by atoms with Crippen molar-refractivity contribution in [2.24, 2.45) is 0 Å². The molecule has 0 saturated heterocycles. The van der Waals surface area contributed by atoms with E-state index in [1.54, 1.807) is 12.3 Å². The topological polar surface area (TPSA) is 49.4 Å². The Morgan fingerprint density at radius 3 is 2.72 bits per heavy atom. The summed E-state index contributed by atoms with van der Waals surface area (Å²) in [6.07, 6.45) is 5.02. The zero-order chi connectivity index (χ0) is 12.5. The highest BCUT2D eigenvalue weighted by Crippen LogP contribution is 2.31. The Morgan fingerprint density at radius 1 is 1.11 bits per heavy atom. The lowest BCUT2D eigenvalue weighted by atomic mass is 10.0. The molecule has 88 valence electrons. The molecule has 3 rings (SSSR count). The molecule has 1 amide bonds. The third kappa shape index (κ3) is 1.55. The molecule has 0 aliphatic carbocycles. The molecule has 1 heterocycles. The second-order valence-electron chi connectivity index (χ2n) is 4.07. The van der Waals surface area contributed by atoms with Crippen LogP contribution < -0.4 is 5.43 Å². The van der Waals surface area contributed by atoms with Gasteiger partial charge in [-0.2, -0.15) is 0 Å². The van der Waals surface area contributed by atoms with Gasteiger partial charge in [0, 0.05) is 22.7 Å². The molecule has 1 N–H and O–H groups in total. The molecule has 0 unspecified atom stereocenters. The molecule has 2 aromatic carbocycles. The smallest absolute Gasteiger partial charge is 0.232 e. The lowest BCUT2D eigenvalue weighted by Gasteiger charge is -2.23. The van der Waals surface area contributed by atoms with Gasteiger partial charge in [0.15, 0.2) is 0 Å². The van der Waals surface area contributed by atoms with Gasteiger partial charge in [0.2, 0.25) is 6.41 Å². The summed E-state index contributed by atoms with van der Waals surface area (Å²) in [7, 11) is 0. The average molecular weight is 238 g/mol. The summed E-state index contributed by atoms with van der Waals surface area (Å²) in [6, 6.07) is 9.45. The van der Waals surface area contributed by atoms with Crippen molar-refractivity contribution >= 4 is 35.2 Å². The molecule has 0 bridgehead atoms. The predicted octanol–water partition coefficient (Wildman–Crippen LogP) is 2.42. The molecular formula is C14H10N2O2. The summed E-state index contributed by atoms with van der Waals surface area (Å²) in [6.45, 7) is 0. The summed E-state index contributed by atoms with van der Waals surface area (Å²) in [4.78, 5) is 21.6. The van der Waals surface area contributed by atoms with E-state index in [9.17, 15) is 9.59 Å². The van der Waals surface area contributed by atoms with E-state index in [-0.39, 0.29) is 0 Å². The molecule has 18 heavy (non-hydrogen) atoms. The Labute approximate surface area is 103 Å². The minimum atomic E-state index is 0.616. The molecule has 0 spiro atoms. The largest absolute Gasteiger partial charge is 0.298 e. The number of rotatable bonds is 2. The number of nitrogens with zero attached hydrogens (tertiary/aromatic N) is 1. The van der Waals surface area contributed by atoms with Crippen LogP contribution in [0.15, 0.2) is 36.5 Å². The molecule has 4 nitrogen and oxygen atoms in total. The van der Waals surface area contributed by atoms with Crippen LogP contribution in [0.25, 0.3) is 16.8 Å². The van der Waals surface area contributed by atoms with Gasteiger partial charge in [-0.1, -0.05) is 24.3 Å². The van der Waals surface area contributed by atoms with E-state index in [2.05, 4.69) is 5.43 Å². The second-order valence-corrected chi connectivity index (χ2v) is 4.07. The first-order valence-electron chi connectivity index (χ1n) is 5.52. The number of hydrogen-bond acceptors (Lipinski definition) is 3. The number of aldehydes is 1. The van der Waals surface area contributed by atoms with E-state index in [0.717, 1.165) is 28.3 Å². The van der Waals surface area contributed by atoms with Crippen molar-refractivity contribution < 1.29 is 9.59 Å². The summed E-state index contributed by atoms with van der Waals surface area (Å²) in [5, 5.41) is 3.29. The third-order valence-corrected chi connectivity index (χ3v) is 2.98. The van der Waals surface area contributed by atoms with Gasteiger partial charge in [0.25, 0.3) is 0 Å². The summed E-state index contributed by atoms with van der Waals surface area (Å²) in [5.74, 6) is 0. The Kier molecular flexibility index (Phi) is 2.34. The van der Waals surface area contributed by atoms with Crippen LogP contribution in [0.3, 0.4) is 0 Å². The van der Waals surface area contributed by atoms with Gasteiger partial charge in [0.1, 0.15) is 6.29 Å². The molecule has 1 aliphatic rings. The first-order valence-corrected chi connectivity index (χ1v) is 5.52. The lowest BCUT2D eigenvalue weighted by molar-refractivity contribution is -0.115. The lowest BCUT2D eigenvalue weighted by Crippen LogP contribution is -2.25. The van der Waals surface area contributed by atoms with Crippen LogP contribution in [0.1, 0.15) is 15.9 Å². The third-order valence-electron chi connectivity index (χ3n) is 2.98. The van der Waals surface area contributed by atoms with E-state index in [1.807, 2.05) is 30.3 Å². The second kappa shape index (κ2) is 4.00. The van der Waals surface area contributed by atoms with Gasteiger partial charge in [0.05, 0.1) is 5.69 Å². The summed E-state index contributed by atoms with van der Waals surface area (Å²) in [5.41, 5.74) is 5.45. The van der Waals surface area contributed by atoms with Crippen molar-refractivity contribution in [1.82, 2.24) is 5.01 Å². The van der Waals surface area contributed by atoms with E-state index in [4.69, 9.17) is 0 Å². The highest BCUT2D eigenvalue weighted by molar-refractivity contribution is 6.01. The summed E-state index contributed by atoms with van der Waals surface area (Å²) >= 11 is 0. The molecular weight excluding hydrogens is 228 g/mol. The van der Waals surface area contributed by atoms with Crippen molar-refractivity contribution in [3.05, 3.63) is 47.7 Å². The number of anilines is 1. The summed E-state index contributed by atoms with van der Waals surface area (Å²) < 4.78 is 0. The minimum absolute atomic E-state index is 0.616. The van der Waals surface area contributed by atoms with Crippen molar-refractivity contribution in [2.75, 3.05) is 5.43 Å². The van der Waals surface area contributed by atoms with Gasteiger partial charge in [-0.25, -0.2) is 5.01 Å². The standard InChI is InChI=1S/C14H10N2O2/c17-8-10-1-2-11-3-4-12-5-6-16(9-18)15-14(12)13(11)7-10/h1-9,15H. The number of fused-ring (bicyclic) bond motifs is 3. The van der Waals surface area contributed by atoms with E-state index in [1.165, 1.54) is 5.01 Å². The zero-order valence-corrected chi connectivity index (χ0v) is 9.46. The first kappa shape index (κ1) is 10.5. The van der Waals surface area contributed by atoms with Gasteiger partial charge in [-0.15, -0.1) is 0 Å². The monoisotopic (exact) mass is 238 g/mol. The minimum Gasteiger partial charge on any atom is -0.298 e. The maximum absolute atomic E-state index is 10.8. The number of amides is 1. The number of benzene rings is 2. The fourth-order valence-corrected chi connectivity index (χ4v) is 2.08. The highest BCUT2D eigenvalue weighted by atomic mass is 16.1. The van der Waals surface area contributed by atoms with Crippen LogP contribution >= 0.6 is 0 Å². The normalized spacial score (nSPS) is 13.0. The number of carbonyl (C=O) groups is 2. The number of nitrogens with one attached hydrogen (secondary N) is 1. The van der Waals surface area contributed by atoms with Gasteiger partial charge < -0.3 is 0 Å². The molecule has 2 aromatic rings. The quantitative estimate of drug-likeness (QED) is 0.817. The van der Waals surface area contributed by atoms with E-state index in [0.29, 0.717) is 12.0 Å². The average Bonchev–Trinajstić information content (AvgIpc) is 2.45. The maximum atomic E-state index is 10.8. The van der Waals surface area contributed by atoms with E-state index < -0.39 is 0 Å². The fourth-order valence-electron chi connectivity index (χ4n) is 2.08. The molecule has 4 heteroatoms. The van der Waals surface area contributed by atoms with Crippen molar-refractivity contribution in [1.29, 1.82) is 0 Å². The molecule has 0 atom stereocenters. The molecule has 0 saturated carbocycles. The van der Waals surface area contributed by atoms with Crippen molar-refractivity contribution in [3.8, 4) is 0 Å². The Bertz CT molecular complexity index is 677. The van der Waals surface area contributed by atoms with E-state index >= 15 is 0 Å². The molecule has 0 fully saturated rings. The molecule has 0 radical (unpaired) electrons. The predicted molar refractivity (Wildman–Crippen MR) is 69.9 cm³/mol. The SMILES string of the molecule is O=Cc1ccc2ccc3c(c2c1)NN(C=O)C=C3. The first-order chi connectivity index (χ1) is 8.81. The van der Waals surface area contributed by atoms with Crippen LogP contribution in [0.5, 0.6) is 0 Å². The maximum Gasteiger partial charge on any atom is 0.232 e. The Balaban J connectivity index is 2.27. The van der Waals surface area contributed by atoms with Crippen LogP contribution in [0.4, 0.5) is 5.69 Å². The Morgan fingerprint density at radius 2 is 1.94 bits per heavy atom. The van der Waals surface area contributed by atoms with Crippen molar-refractivity contribution in [2.45, 2.75) is 0 Å². The van der Waals surface area contributed by atoms with Crippen LogP contribution in [-0.2, 0) is 4.79 Å². The van der Waals surface area contributed by atoms with Crippen LogP contribution in [0.2, 0.25) is 0 Å². The van der Waals surface area contributed by atoms with Crippen molar-refractivity contribution in [3.63, 3.8) is 0 Å². The van der Waals surface area contributed by atoms with Crippen LogP contribution in [0, 0.1) is 0 Å². The van der Waals surface area contributed by atoms with Gasteiger partial charge in [-0.05, 0) is 17.5 Å². The van der Waals surface area contributed by atoms with Crippen LogP contribution in [-0.4, -0.2) is 17.7 Å². The van der Waals surface area contributed by atoms with Gasteiger partial charge in [-0.3, -0.25) is 15.0 Å². The molecule has 0 aromatic heterocycles. The number of carbonyl (C=O) groups excluding carboxylic acids is 2. The highest BCUT2D eigenvalue weighted by Gasteiger charge is 2.12.